The molecular formula is C26H23N5O. The highest BCUT2D eigenvalue weighted by atomic mass is 16.3. The molecule has 158 valence electrons. The quantitative estimate of drug-likeness (QED) is 0.367. The van der Waals surface area contributed by atoms with E-state index in [-0.39, 0.29) is 6.04 Å². The van der Waals surface area contributed by atoms with Gasteiger partial charge in [-0.05, 0) is 61.7 Å². The van der Waals surface area contributed by atoms with Crippen molar-refractivity contribution in [2.75, 3.05) is 5.32 Å². The average molecular weight is 422 g/mol. The Morgan fingerprint density at radius 2 is 1.72 bits per heavy atom. The summed E-state index contributed by atoms with van der Waals surface area (Å²) in [5.74, 6) is 1.51. The first-order chi connectivity index (χ1) is 15.6. The molecule has 6 heteroatoms. The number of hydrogen-bond acceptors (Lipinski definition) is 6. The lowest BCUT2D eigenvalue weighted by molar-refractivity contribution is 0.613. The Morgan fingerprint density at radius 3 is 2.56 bits per heavy atom. The first kappa shape index (κ1) is 19.9. The van der Waals surface area contributed by atoms with Crippen LogP contribution in [-0.2, 0) is 0 Å². The van der Waals surface area contributed by atoms with Gasteiger partial charge in [-0.3, -0.25) is 0 Å². The first-order valence-electron chi connectivity index (χ1n) is 10.5. The molecule has 6 nitrogen and oxygen atoms in total. The molecule has 0 saturated heterocycles. The van der Waals surface area contributed by atoms with Crippen LogP contribution in [0.2, 0.25) is 0 Å². The van der Waals surface area contributed by atoms with E-state index in [0.717, 1.165) is 56.1 Å². The third-order valence-electron chi connectivity index (χ3n) is 5.55. The van der Waals surface area contributed by atoms with Gasteiger partial charge in [0.15, 0.2) is 0 Å². The van der Waals surface area contributed by atoms with Crippen LogP contribution in [0, 0.1) is 13.8 Å². The minimum Gasteiger partial charge on any atom is -0.464 e. The Morgan fingerprint density at radius 1 is 0.875 bits per heavy atom. The van der Waals surface area contributed by atoms with Crippen molar-refractivity contribution in [3.63, 3.8) is 0 Å². The highest BCUT2D eigenvalue weighted by molar-refractivity contribution is 5.85. The van der Waals surface area contributed by atoms with Gasteiger partial charge >= 0.3 is 0 Å². The number of aryl methyl sites for hydroxylation is 2. The van der Waals surface area contributed by atoms with Crippen molar-refractivity contribution < 1.29 is 4.42 Å². The van der Waals surface area contributed by atoms with E-state index in [4.69, 9.17) is 4.42 Å². The molecule has 3 heterocycles. The molecule has 32 heavy (non-hydrogen) atoms. The van der Waals surface area contributed by atoms with E-state index in [1.54, 1.807) is 6.26 Å². The summed E-state index contributed by atoms with van der Waals surface area (Å²) in [5, 5.41) is 4.63. The SMILES string of the molecule is Cc1nc(N[C@@H](C)c2cccc(-c3cncnc3)c2)cc(-c2ccc3occ(C)c3c2)n1. The van der Waals surface area contributed by atoms with Crippen LogP contribution in [0.4, 0.5) is 5.82 Å². The molecule has 3 aromatic heterocycles. The molecule has 0 saturated carbocycles. The van der Waals surface area contributed by atoms with Crippen LogP contribution in [-0.4, -0.2) is 19.9 Å². The fourth-order valence-electron chi connectivity index (χ4n) is 3.85. The van der Waals surface area contributed by atoms with E-state index in [9.17, 15) is 0 Å². The lowest BCUT2D eigenvalue weighted by Gasteiger charge is -2.17. The number of nitrogens with zero attached hydrogens (tertiary/aromatic N) is 4. The zero-order valence-electron chi connectivity index (χ0n) is 18.2. The third-order valence-corrected chi connectivity index (χ3v) is 5.55. The van der Waals surface area contributed by atoms with E-state index in [1.165, 1.54) is 6.33 Å². The number of aromatic nitrogens is 4. The van der Waals surface area contributed by atoms with Gasteiger partial charge in [-0.25, -0.2) is 19.9 Å². The number of furan rings is 1. The Balaban J connectivity index is 1.43. The smallest absolute Gasteiger partial charge is 0.134 e. The summed E-state index contributed by atoms with van der Waals surface area (Å²) in [6.07, 6.45) is 6.97. The fourth-order valence-corrected chi connectivity index (χ4v) is 3.85. The normalized spacial score (nSPS) is 12.1. The summed E-state index contributed by atoms with van der Waals surface area (Å²) >= 11 is 0. The van der Waals surface area contributed by atoms with Gasteiger partial charge in [0.2, 0.25) is 0 Å². The van der Waals surface area contributed by atoms with Crippen molar-refractivity contribution in [1.82, 2.24) is 19.9 Å². The summed E-state index contributed by atoms with van der Waals surface area (Å²) in [7, 11) is 0. The van der Waals surface area contributed by atoms with Gasteiger partial charge in [-0.1, -0.05) is 18.2 Å². The zero-order chi connectivity index (χ0) is 22.1. The molecular weight excluding hydrogens is 398 g/mol. The summed E-state index contributed by atoms with van der Waals surface area (Å²) in [6, 6.07) is 16.6. The van der Waals surface area contributed by atoms with Crippen molar-refractivity contribution in [1.29, 1.82) is 0 Å². The molecule has 0 aliphatic carbocycles. The van der Waals surface area contributed by atoms with E-state index >= 15 is 0 Å². The highest BCUT2D eigenvalue weighted by Gasteiger charge is 2.12. The predicted molar refractivity (Wildman–Crippen MR) is 126 cm³/mol. The molecule has 0 amide bonds. The van der Waals surface area contributed by atoms with Gasteiger partial charge in [0.25, 0.3) is 0 Å². The highest BCUT2D eigenvalue weighted by Crippen LogP contribution is 2.29. The number of hydrogen-bond donors (Lipinski definition) is 1. The summed E-state index contributed by atoms with van der Waals surface area (Å²) < 4.78 is 5.58. The topological polar surface area (TPSA) is 76.7 Å². The minimum absolute atomic E-state index is 0.0559. The number of anilines is 1. The molecule has 0 unspecified atom stereocenters. The molecule has 2 aromatic carbocycles. The summed E-state index contributed by atoms with van der Waals surface area (Å²) in [4.78, 5) is 17.5. The second-order valence-electron chi connectivity index (χ2n) is 7.93. The van der Waals surface area contributed by atoms with Crippen LogP contribution in [0.1, 0.15) is 29.9 Å². The molecule has 0 radical (unpaired) electrons. The van der Waals surface area contributed by atoms with Crippen molar-refractivity contribution in [2.45, 2.75) is 26.8 Å². The van der Waals surface area contributed by atoms with Crippen molar-refractivity contribution in [3.05, 3.63) is 90.5 Å². The Kier molecular flexibility index (Phi) is 5.11. The molecule has 1 N–H and O–H groups in total. The Bertz CT molecular complexity index is 1390. The van der Waals surface area contributed by atoms with E-state index in [0.29, 0.717) is 0 Å². The van der Waals surface area contributed by atoms with Crippen LogP contribution in [0.15, 0.2) is 77.9 Å². The number of fused-ring (bicyclic) bond motifs is 1. The van der Waals surface area contributed by atoms with Gasteiger partial charge in [0, 0.05) is 41.0 Å². The van der Waals surface area contributed by atoms with Gasteiger partial charge in [0.05, 0.1) is 12.0 Å². The van der Waals surface area contributed by atoms with Gasteiger partial charge in [-0.15, -0.1) is 0 Å². The van der Waals surface area contributed by atoms with Crippen LogP contribution >= 0.6 is 0 Å². The van der Waals surface area contributed by atoms with Gasteiger partial charge in [0.1, 0.15) is 23.6 Å². The standard InChI is InChI=1S/C26H23N5O/c1-16-14-32-25-8-7-21(10-23(16)25)24-11-26(31-18(3)30-24)29-17(2)19-5-4-6-20(9-19)22-12-27-15-28-13-22/h4-15,17H,1-3H3,(H,29,30,31)/t17-/m0/s1. The van der Waals surface area contributed by atoms with Gasteiger partial charge in [-0.2, -0.15) is 0 Å². The molecule has 0 spiro atoms. The third kappa shape index (κ3) is 3.95. The maximum Gasteiger partial charge on any atom is 0.134 e. The van der Waals surface area contributed by atoms with Crippen LogP contribution in [0.3, 0.4) is 0 Å². The molecule has 1 atom stereocenters. The average Bonchev–Trinajstić information content (AvgIpc) is 3.19. The minimum atomic E-state index is 0.0559. The molecule has 0 aliphatic heterocycles. The van der Waals surface area contributed by atoms with Gasteiger partial charge < -0.3 is 9.73 Å². The van der Waals surface area contributed by atoms with Crippen molar-refractivity contribution >= 4 is 16.8 Å². The molecule has 0 aliphatic rings. The van der Waals surface area contributed by atoms with E-state index in [2.05, 4.69) is 62.5 Å². The molecule has 5 aromatic rings. The van der Waals surface area contributed by atoms with Crippen LogP contribution in [0.5, 0.6) is 0 Å². The molecule has 0 fully saturated rings. The Labute approximate surface area is 186 Å². The number of rotatable bonds is 5. The van der Waals surface area contributed by atoms with E-state index in [1.807, 2.05) is 44.4 Å². The second kappa shape index (κ2) is 8.23. The largest absolute Gasteiger partial charge is 0.464 e. The summed E-state index contributed by atoms with van der Waals surface area (Å²) in [6.45, 7) is 6.08. The fraction of sp³-hybridized carbons (Fsp3) is 0.154. The van der Waals surface area contributed by atoms with Crippen molar-refractivity contribution in [2.24, 2.45) is 0 Å². The maximum absolute atomic E-state index is 5.58. The van der Waals surface area contributed by atoms with Crippen LogP contribution in [0.25, 0.3) is 33.4 Å². The second-order valence-corrected chi connectivity index (χ2v) is 7.93. The molecule has 0 bridgehead atoms. The van der Waals surface area contributed by atoms with Crippen LogP contribution < -0.4 is 5.32 Å². The monoisotopic (exact) mass is 421 g/mol. The molecule has 5 rings (SSSR count). The maximum atomic E-state index is 5.58. The Hall–Kier alpha value is -4.06. The zero-order valence-corrected chi connectivity index (χ0v) is 18.2. The lowest BCUT2D eigenvalue weighted by atomic mass is 10.0. The lowest BCUT2D eigenvalue weighted by Crippen LogP contribution is -2.09. The number of benzene rings is 2. The van der Waals surface area contributed by atoms with E-state index < -0.39 is 0 Å². The predicted octanol–water partition coefficient (Wildman–Crippen LogP) is 6.14. The summed E-state index contributed by atoms with van der Waals surface area (Å²) in [5.41, 5.74) is 7.14. The van der Waals surface area contributed by atoms with Crippen molar-refractivity contribution in [3.8, 4) is 22.4 Å². The first-order valence-corrected chi connectivity index (χ1v) is 10.5. The number of nitrogens with one attached hydrogen (secondary N) is 1.